The van der Waals surface area contributed by atoms with Crippen molar-refractivity contribution in [1.82, 2.24) is 5.32 Å². The van der Waals surface area contributed by atoms with E-state index < -0.39 is 0 Å². The van der Waals surface area contributed by atoms with Crippen molar-refractivity contribution in [2.75, 3.05) is 6.61 Å². The molecule has 21 heavy (non-hydrogen) atoms. The van der Waals surface area contributed by atoms with Crippen LogP contribution in [0.5, 0.6) is 5.75 Å². The van der Waals surface area contributed by atoms with Gasteiger partial charge in [-0.3, -0.25) is 0 Å². The minimum absolute atomic E-state index is 0.306. The molecule has 0 aromatic heterocycles. The van der Waals surface area contributed by atoms with Crippen LogP contribution in [0.2, 0.25) is 0 Å². The van der Waals surface area contributed by atoms with Gasteiger partial charge < -0.3 is 10.1 Å². The van der Waals surface area contributed by atoms with E-state index in [2.05, 4.69) is 49.2 Å². The zero-order valence-electron chi connectivity index (χ0n) is 12.8. The van der Waals surface area contributed by atoms with Crippen molar-refractivity contribution in [2.45, 2.75) is 26.4 Å². The molecular formula is C19H23NO. The standard InChI is InChI=1S/C19H23NO/c1-15(2)14-21-19-12-8-7-11-18(19)13-20-16(3)17-9-5-4-6-10-17/h4-12,16,20H,1,13-14H2,2-3H3. The molecule has 2 rings (SSSR count). The van der Waals surface area contributed by atoms with E-state index in [1.54, 1.807) is 0 Å². The Morgan fingerprint density at radius 2 is 1.76 bits per heavy atom. The lowest BCUT2D eigenvalue weighted by Crippen LogP contribution is -2.18. The fourth-order valence-electron chi connectivity index (χ4n) is 2.11. The van der Waals surface area contributed by atoms with Gasteiger partial charge >= 0.3 is 0 Å². The molecule has 0 amide bonds. The van der Waals surface area contributed by atoms with Gasteiger partial charge in [0.25, 0.3) is 0 Å². The topological polar surface area (TPSA) is 21.3 Å². The minimum Gasteiger partial charge on any atom is -0.489 e. The Balaban J connectivity index is 1.98. The Labute approximate surface area is 127 Å². The zero-order valence-corrected chi connectivity index (χ0v) is 12.8. The van der Waals surface area contributed by atoms with Gasteiger partial charge in [-0.15, -0.1) is 0 Å². The summed E-state index contributed by atoms with van der Waals surface area (Å²) in [5.74, 6) is 0.924. The predicted molar refractivity (Wildman–Crippen MR) is 88.4 cm³/mol. The second kappa shape index (κ2) is 7.65. The van der Waals surface area contributed by atoms with Gasteiger partial charge in [-0.05, 0) is 31.1 Å². The third-order valence-electron chi connectivity index (χ3n) is 3.34. The van der Waals surface area contributed by atoms with Gasteiger partial charge in [0.15, 0.2) is 0 Å². The molecule has 0 spiro atoms. The number of nitrogens with one attached hydrogen (secondary N) is 1. The molecule has 1 atom stereocenters. The van der Waals surface area contributed by atoms with Crippen LogP contribution in [0.1, 0.15) is 31.0 Å². The van der Waals surface area contributed by atoms with Gasteiger partial charge in [-0.1, -0.05) is 55.1 Å². The molecule has 0 saturated carbocycles. The quantitative estimate of drug-likeness (QED) is 0.755. The third kappa shape index (κ3) is 4.76. The van der Waals surface area contributed by atoms with Crippen molar-refractivity contribution in [3.8, 4) is 5.75 Å². The first-order valence-corrected chi connectivity index (χ1v) is 7.30. The molecule has 0 bridgehead atoms. The van der Waals surface area contributed by atoms with Crippen LogP contribution >= 0.6 is 0 Å². The number of hydrogen-bond donors (Lipinski definition) is 1. The van der Waals surface area contributed by atoms with E-state index in [9.17, 15) is 0 Å². The Hall–Kier alpha value is -2.06. The molecule has 0 heterocycles. The summed E-state index contributed by atoms with van der Waals surface area (Å²) >= 11 is 0. The summed E-state index contributed by atoms with van der Waals surface area (Å²) in [6.45, 7) is 9.36. The second-order valence-corrected chi connectivity index (χ2v) is 5.37. The Morgan fingerprint density at radius 1 is 1.10 bits per heavy atom. The molecule has 1 N–H and O–H groups in total. The average Bonchev–Trinajstić information content (AvgIpc) is 2.52. The molecule has 0 fully saturated rings. The van der Waals surface area contributed by atoms with Crippen molar-refractivity contribution < 1.29 is 4.74 Å². The van der Waals surface area contributed by atoms with Crippen LogP contribution in [0.25, 0.3) is 0 Å². The fourth-order valence-corrected chi connectivity index (χ4v) is 2.11. The summed E-state index contributed by atoms with van der Waals surface area (Å²) in [4.78, 5) is 0. The molecule has 0 aliphatic carbocycles. The van der Waals surface area contributed by atoms with E-state index in [0.717, 1.165) is 17.9 Å². The average molecular weight is 281 g/mol. The zero-order chi connectivity index (χ0) is 15.1. The summed E-state index contributed by atoms with van der Waals surface area (Å²) in [5.41, 5.74) is 3.48. The van der Waals surface area contributed by atoms with Gasteiger partial charge in [0.1, 0.15) is 12.4 Å². The number of ether oxygens (including phenoxy) is 1. The highest BCUT2D eigenvalue weighted by Crippen LogP contribution is 2.20. The van der Waals surface area contributed by atoms with Crippen molar-refractivity contribution in [3.63, 3.8) is 0 Å². The second-order valence-electron chi connectivity index (χ2n) is 5.37. The smallest absolute Gasteiger partial charge is 0.124 e. The Morgan fingerprint density at radius 3 is 2.48 bits per heavy atom. The first-order valence-electron chi connectivity index (χ1n) is 7.30. The molecule has 0 aliphatic heterocycles. The van der Waals surface area contributed by atoms with Crippen LogP contribution in [0.15, 0.2) is 66.7 Å². The lowest BCUT2D eigenvalue weighted by atomic mass is 10.1. The maximum atomic E-state index is 5.80. The summed E-state index contributed by atoms with van der Waals surface area (Å²) in [7, 11) is 0. The van der Waals surface area contributed by atoms with Gasteiger partial charge in [0, 0.05) is 18.2 Å². The van der Waals surface area contributed by atoms with E-state index in [1.165, 1.54) is 11.1 Å². The van der Waals surface area contributed by atoms with Crippen LogP contribution in [0.4, 0.5) is 0 Å². The SMILES string of the molecule is C=C(C)COc1ccccc1CNC(C)c1ccccc1. The van der Waals surface area contributed by atoms with Crippen molar-refractivity contribution >= 4 is 0 Å². The number of hydrogen-bond acceptors (Lipinski definition) is 2. The third-order valence-corrected chi connectivity index (χ3v) is 3.34. The summed E-state index contributed by atoms with van der Waals surface area (Å²) in [6.07, 6.45) is 0. The molecule has 0 saturated heterocycles. The lowest BCUT2D eigenvalue weighted by Gasteiger charge is -2.16. The van der Waals surface area contributed by atoms with E-state index in [4.69, 9.17) is 4.74 Å². The maximum Gasteiger partial charge on any atom is 0.124 e. The molecule has 110 valence electrons. The van der Waals surface area contributed by atoms with Crippen LogP contribution in [-0.2, 0) is 6.54 Å². The predicted octanol–water partition coefficient (Wildman–Crippen LogP) is 4.49. The molecule has 2 nitrogen and oxygen atoms in total. The van der Waals surface area contributed by atoms with E-state index >= 15 is 0 Å². The first-order chi connectivity index (χ1) is 10.2. The maximum absolute atomic E-state index is 5.80. The molecule has 0 aliphatic rings. The van der Waals surface area contributed by atoms with E-state index in [1.807, 2.05) is 31.2 Å². The summed E-state index contributed by atoms with van der Waals surface area (Å²) in [6, 6.07) is 18.9. The summed E-state index contributed by atoms with van der Waals surface area (Å²) in [5, 5.41) is 3.54. The molecular weight excluding hydrogens is 258 g/mol. The largest absolute Gasteiger partial charge is 0.489 e. The van der Waals surface area contributed by atoms with Crippen molar-refractivity contribution in [1.29, 1.82) is 0 Å². The highest BCUT2D eigenvalue weighted by atomic mass is 16.5. The molecule has 1 unspecified atom stereocenters. The highest BCUT2D eigenvalue weighted by molar-refractivity contribution is 5.33. The van der Waals surface area contributed by atoms with Gasteiger partial charge in [0.05, 0.1) is 0 Å². The number of rotatable bonds is 7. The fraction of sp³-hybridized carbons (Fsp3) is 0.263. The van der Waals surface area contributed by atoms with Gasteiger partial charge in [-0.25, -0.2) is 0 Å². The molecule has 2 aromatic rings. The van der Waals surface area contributed by atoms with E-state index in [-0.39, 0.29) is 0 Å². The Bertz CT molecular complexity index is 577. The minimum atomic E-state index is 0.306. The molecule has 2 aromatic carbocycles. The normalized spacial score (nSPS) is 11.9. The summed E-state index contributed by atoms with van der Waals surface area (Å²) < 4.78 is 5.80. The number of para-hydroxylation sites is 1. The van der Waals surface area contributed by atoms with Crippen LogP contribution in [0, 0.1) is 0 Å². The van der Waals surface area contributed by atoms with Gasteiger partial charge in [0.2, 0.25) is 0 Å². The van der Waals surface area contributed by atoms with Crippen LogP contribution in [0.3, 0.4) is 0 Å². The monoisotopic (exact) mass is 281 g/mol. The Kier molecular flexibility index (Phi) is 5.59. The van der Waals surface area contributed by atoms with E-state index in [0.29, 0.717) is 12.6 Å². The molecule has 2 heteroatoms. The van der Waals surface area contributed by atoms with Gasteiger partial charge in [-0.2, -0.15) is 0 Å². The number of benzene rings is 2. The molecule has 0 radical (unpaired) electrons. The highest BCUT2D eigenvalue weighted by Gasteiger charge is 2.07. The lowest BCUT2D eigenvalue weighted by molar-refractivity contribution is 0.347. The van der Waals surface area contributed by atoms with Crippen molar-refractivity contribution in [3.05, 3.63) is 77.9 Å². The van der Waals surface area contributed by atoms with Crippen LogP contribution in [-0.4, -0.2) is 6.61 Å². The first kappa shape index (κ1) is 15.3. The van der Waals surface area contributed by atoms with Crippen molar-refractivity contribution in [2.24, 2.45) is 0 Å². The van der Waals surface area contributed by atoms with Crippen LogP contribution < -0.4 is 10.1 Å².